The first-order chi connectivity index (χ1) is 11.7. The lowest BCUT2D eigenvalue weighted by atomic mass is 10.1. The average molecular weight is 334 g/mol. The van der Waals surface area contributed by atoms with E-state index >= 15 is 0 Å². The van der Waals surface area contributed by atoms with E-state index < -0.39 is 5.82 Å². The quantitative estimate of drug-likeness (QED) is 0.764. The molecule has 6 heteroatoms. The fourth-order valence-corrected chi connectivity index (χ4v) is 2.34. The van der Waals surface area contributed by atoms with Crippen molar-refractivity contribution in [3.63, 3.8) is 0 Å². The van der Waals surface area contributed by atoms with Crippen LogP contribution in [-0.4, -0.2) is 35.7 Å². The van der Waals surface area contributed by atoms with E-state index in [-0.39, 0.29) is 18.3 Å². The number of rotatable bonds is 8. The fraction of sp³-hybridized carbons (Fsp3) is 0.389. The van der Waals surface area contributed by atoms with E-state index in [4.69, 9.17) is 9.52 Å². The zero-order valence-corrected chi connectivity index (χ0v) is 13.8. The van der Waals surface area contributed by atoms with Crippen LogP contribution in [0.1, 0.15) is 26.2 Å². The molecule has 2 N–H and O–H groups in total. The van der Waals surface area contributed by atoms with Crippen molar-refractivity contribution in [2.45, 2.75) is 26.2 Å². The average Bonchev–Trinajstić information content (AvgIpc) is 3.11. The zero-order valence-electron chi connectivity index (χ0n) is 13.8. The van der Waals surface area contributed by atoms with Crippen LogP contribution in [0.4, 0.5) is 14.9 Å². The molecule has 0 aliphatic heterocycles. The number of aliphatic hydroxyl groups excluding tert-OH is 1. The van der Waals surface area contributed by atoms with Gasteiger partial charge in [0.15, 0.2) is 0 Å². The van der Waals surface area contributed by atoms with Gasteiger partial charge in [0.2, 0.25) is 0 Å². The fourth-order valence-electron chi connectivity index (χ4n) is 2.34. The van der Waals surface area contributed by atoms with Crippen LogP contribution >= 0.6 is 0 Å². The van der Waals surface area contributed by atoms with Crippen molar-refractivity contribution in [1.29, 1.82) is 0 Å². The minimum Gasteiger partial charge on any atom is -0.464 e. The lowest BCUT2D eigenvalue weighted by Gasteiger charge is -2.23. The Morgan fingerprint density at radius 1 is 1.29 bits per heavy atom. The van der Waals surface area contributed by atoms with E-state index in [0.717, 1.165) is 12.8 Å². The standard InChI is InChI=1S/C18H23FN2O3/c1-2-3-9-21(10-5-11-22)18(23)20-16-13-14(7-8-15(16)19)17-6-4-12-24-17/h4,6-8,12-13,22H,2-3,5,9-11H2,1H3,(H,20,23). The Labute approximate surface area is 141 Å². The first-order valence-electron chi connectivity index (χ1n) is 8.16. The van der Waals surface area contributed by atoms with Crippen molar-refractivity contribution >= 4 is 11.7 Å². The van der Waals surface area contributed by atoms with Crippen molar-refractivity contribution in [3.8, 4) is 11.3 Å². The van der Waals surface area contributed by atoms with Crippen LogP contribution in [0, 0.1) is 5.82 Å². The van der Waals surface area contributed by atoms with Gasteiger partial charge < -0.3 is 19.7 Å². The van der Waals surface area contributed by atoms with E-state index in [2.05, 4.69) is 5.32 Å². The predicted octanol–water partition coefficient (Wildman–Crippen LogP) is 4.10. The Hall–Kier alpha value is -2.34. The summed E-state index contributed by atoms with van der Waals surface area (Å²) in [5, 5.41) is 11.6. The van der Waals surface area contributed by atoms with Gasteiger partial charge in [-0.25, -0.2) is 9.18 Å². The van der Waals surface area contributed by atoms with Gasteiger partial charge >= 0.3 is 6.03 Å². The second-order valence-corrected chi connectivity index (χ2v) is 5.52. The van der Waals surface area contributed by atoms with Crippen molar-refractivity contribution < 1.29 is 18.7 Å². The van der Waals surface area contributed by atoms with E-state index in [1.807, 2.05) is 6.92 Å². The van der Waals surface area contributed by atoms with Gasteiger partial charge in [-0.3, -0.25) is 0 Å². The van der Waals surface area contributed by atoms with Gasteiger partial charge in [-0.1, -0.05) is 13.3 Å². The molecule has 130 valence electrons. The van der Waals surface area contributed by atoms with Gasteiger partial charge in [0, 0.05) is 25.3 Å². The van der Waals surface area contributed by atoms with Gasteiger partial charge in [0.25, 0.3) is 0 Å². The molecule has 1 heterocycles. The molecule has 0 radical (unpaired) electrons. The maximum atomic E-state index is 14.0. The molecule has 2 rings (SSSR count). The zero-order chi connectivity index (χ0) is 17.4. The normalized spacial score (nSPS) is 10.6. The summed E-state index contributed by atoms with van der Waals surface area (Å²) in [5.41, 5.74) is 0.798. The SMILES string of the molecule is CCCCN(CCCO)C(=O)Nc1cc(-c2ccco2)ccc1F. The number of urea groups is 1. The summed E-state index contributed by atoms with van der Waals surface area (Å²) in [6.45, 7) is 3.05. The molecular weight excluding hydrogens is 311 g/mol. The number of benzene rings is 1. The number of halogens is 1. The minimum absolute atomic E-state index is 0.0121. The highest BCUT2D eigenvalue weighted by Gasteiger charge is 2.15. The molecule has 1 aromatic carbocycles. The summed E-state index contributed by atoms with van der Waals surface area (Å²) in [7, 11) is 0. The Kier molecular flexibility index (Phi) is 6.81. The number of unbranched alkanes of at least 4 members (excludes halogenated alkanes) is 1. The molecule has 5 nitrogen and oxygen atoms in total. The van der Waals surface area contributed by atoms with Gasteiger partial charge in [0.05, 0.1) is 12.0 Å². The molecule has 0 saturated heterocycles. The molecule has 0 bridgehead atoms. The van der Waals surface area contributed by atoms with Crippen LogP contribution < -0.4 is 5.32 Å². The highest BCUT2D eigenvalue weighted by atomic mass is 19.1. The summed E-state index contributed by atoms with van der Waals surface area (Å²) in [5.74, 6) is 0.102. The summed E-state index contributed by atoms with van der Waals surface area (Å²) < 4.78 is 19.3. The molecule has 2 amide bonds. The number of nitrogens with one attached hydrogen (secondary N) is 1. The first kappa shape index (κ1) is 18.0. The highest BCUT2D eigenvalue weighted by molar-refractivity contribution is 5.90. The number of nitrogens with zero attached hydrogens (tertiary/aromatic N) is 1. The molecule has 2 aromatic rings. The van der Waals surface area contributed by atoms with E-state index in [9.17, 15) is 9.18 Å². The topological polar surface area (TPSA) is 65.7 Å². The van der Waals surface area contributed by atoms with Crippen LogP contribution in [0.5, 0.6) is 0 Å². The molecule has 0 spiro atoms. The molecular formula is C18H23FN2O3. The number of hydrogen-bond acceptors (Lipinski definition) is 3. The van der Waals surface area contributed by atoms with E-state index in [1.165, 1.54) is 12.3 Å². The third kappa shape index (κ3) is 4.83. The third-order valence-electron chi connectivity index (χ3n) is 3.67. The van der Waals surface area contributed by atoms with E-state index in [0.29, 0.717) is 30.8 Å². The number of anilines is 1. The monoisotopic (exact) mass is 334 g/mol. The molecule has 0 atom stereocenters. The van der Waals surface area contributed by atoms with Gasteiger partial charge in [-0.2, -0.15) is 0 Å². The van der Waals surface area contributed by atoms with Crippen LogP contribution in [0.2, 0.25) is 0 Å². The molecule has 0 saturated carbocycles. The number of furan rings is 1. The molecule has 0 aliphatic carbocycles. The Bertz CT molecular complexity index is 636. The van der Waals surface area contributed by atoms with Crippen LogP contribution in [-0.2, 0) is 0 Å². The number of aliphatic hydroxyl groups is 1. The highest BCUT2D eigenvalue weighted by Crippen LogP contribution is 2.25. The molecule has 0 unspecified atom stereocenters. The second kappa shape index (κ2) is 9.08. The largest absolute Gasteiger partial charge is 0.464 e. The molecule has 0 fully saturated rings. The Balaban J connectivity index is 2.12. The minimum atomic E-state index is -0.503. The second-order valence-electron chi connectivity index (χ2n) is 5.52. The summed E-state index contributed by atoms with van der Waals surface area (Å²) in [6.07, 6.45) is 3.84. The number of carbonyl (C=O) groups is 1. The van der Waals surface area contributed by atoms with Crippen molar-refractivity contribution in [2.75, 3.05) is 25.0 Å². The first-order valence-corrected chi connectivity index (χ1v) is 8.16. The predicted molar refractivity (Wildman–Crippen MR) is 91.3 cm³/mol. The Morgan fingerprint density at radius 2 is 2.08 bits per heavy atom. The smallest absolute Gasteiger partial charge is 0.321 e. The third-order valence-corrected chi connectivity index (χ3v) is 3.67. The maximum Gasteiger partial charge on any atom is 0.321 e. The molecule has 1 aromatic heterocycles. The van der Waals surface area contributed by atoms with Crippen molar-refractivity contribution in [3.05, 3.63) is 42.4 Å². The van der Waals surface area contributed by atoms with Gasteiger partial charge in [-0.15, -0.1) is 0 Å². The molecule has 0 aliphatic rings. The van der Waals surface area contributed by atoms with Crippen molar-refractivity contribution in [1.82, 2.24) is 4.90 Å². The van der Waals surface area contributed by atoms with E-state index in [1.54, 1.807) is 29.2 Å². The van der Waals surface area contributed by atoms with Gasteiger partial charge in [-0.05, 0) is 43.2 Å². The number of carbonyl (C=O) groups excluding carboxylic acids is 1. The van der Waals surface area contributed by atoms with Gasteiger partial charge in [0.1, 0.15) is 11.6 Å². The lowest BCUT2D eigenvalue weighted by Crippen LogP contribution is -2.37. The Morgan fingerprint density at radius 3 is 2.75 bits per heavy atom. The maximum absolute atomic E-state index is 14.0. The summed E-state index contributed by atoms with van der Waals surface area (Å²) in [6, 6.07) is 7.61. The summed E-state index contributed by atoms with van der Waals surface area (Å²) in [4.78, 5) is 14.0. The van der Waals surface area contributed by atoms with Crippen LogP contribution in [0.15, 0.2) is 41.0 Å². The summed E-state index contributed by atoms with van der Waals surface area (Å²) >= 11 is 0. The van der Waals surface area contributed by atoms with Crippen LogP contribution in [0.25, 0.3) is 11.3 Å². The van der Waals surface area contributed by atoms with Crippen molar-refractivity contribution in [2.24, 2.45) is 0 Å². The van der Waals surface area contributed by atoms with Crippen LogP contribution in [0.3, 0.4) is 0 Å². The number of hydrogen-bond donors (Lipinski definition) is 2. The number of amides is 2. The molecule has 24 heavy (non-hydrogen) atoms. The lowest BCUT2D eigenvalue weighted by molar-refractivity contribution is 0.201.